The number of nitriles is 1. The number of rotatable bonds is 2. The summed E-state index contributed by atoms with van der Waals surface area (Å²) >= 11 is 0. The average molecular weight is 230 g/mol. The van der Waals surface area contributed by atoms with E-state index in [1.807, 2.05) is 0 Å². The fraction of sp³-hybridized carbons (Fsp3) is 0. The van der Waals surface area contributed by atoms with Gasteiger partial charge in [0.1, 0.15) is 23.4 Å². The van der Waals surface area contributed by atoms with Gasteiger partial charge < -0.3 is 5.32 Å². The quantitative estimate of drug-likeness (QED) is 0.819. The second-order valence-electron chi connectivity index (χ2n) is 3.20. The molecule has 0 radical (unpaired) electrons. The van der Waals surface area contributed by atoms with E-state index in [9.17, 15) is 9.18 Å². The summed E-state index contributed by atoms with van der Waals surface area (Å²) in [6, 6.07) is 9.08. The second-order valence-corrected chi connectivity index (χ2v) is 3.20. The third-order valence-electron chi connectivity index (χ3n) is 2.00. The van der Waals surface area contributed by atoms with Gasteiger partial charge in [-0.3, -0.25) is 4.98 Å². The molecule has 0 aliphatic carbocycles. The molecule has 0 atom stereocenters. The molecular formula is C11H7FN4O. The number of nitrogens with one attached hydrogen (secondary N) is 2. The molecule has 0 bridgehead atoms. The van der Waals surface area contributed by atoms with Crippen LogP contribution in [0.25, 0.3) is 0 Å². The first-order valence-electron chi connectivity index (χ1n) is 4.72. The number of H-pyrrole nitrogens is 1. The van der Waals surface area contributed by atoms with Crippen molar-refractivity contribution in [1.29, 1.82) is 5.26 Å². The lowest BCUT2D eigenvalue weighted by molar-refractivity contribution is 0.632. The van der Waals surface area contributed by atoms with Gasteiger partial charge in [0.2, 0.25) is 0 Å². The largest absolute Gasteiger partial charge is 0.347 e. The highest BCUT2D eigenvalue weighted by molar-refractivity contribution is 5.57. The molecular weight excluding hydrogens is 223 g/mol. The van der Waals surface area contributed by atoms with E-state index < -0.39 is 11.5 Å². The zero-order valence-electron chi connectivity index (χ0n) is 8.57. The summed E-state index contributed by atoms with van der Waals surface area (Å²) in [6.07, 6.45) is 0. The van der Waals surface area contributed by atoms with Crippen molar-refractivity contribution in [1.82, 2.24) is 9.97 Å². The van der Waals surface area contributed by atoms with E-state index in [1.165, 1.54) is 18.2 Å². The molecule has 84 valence electrons. The SMILES string of the molecule is N#Cc1cc(Nc2ccccc2F)nc(=O)[nH]1. The number of hydrogen-bond acceptors (Lipinski definition) is 4. The summed E-state index contributed by atoms with van der Waals surface area (Å²) in [4.78, 5) is 16.9. The molecule has 1 aromatic heterocycles. The summed E-state index contributed by atoms with van der Waals surface area (Å²) in [6.45, 7) is 0. The Balaban J connectivity index is 2.37. The molecule has 17 heavy (non-hydrogen) atoms. The Bertz CT molecular complexity index is 644. The van der Waals surface area contributed by atoms with E-state index in [4.69, 9.17) is 5.26 Å². The van der Waals surface area contributed by atoms with Crippen LogP contribution in [0.4, 0.5) is 15.9 Å². The van der Waals surface area contributed by atoms with Gasteiger partial charge in [0.05, 0.1) is 5.69 Å². The van der Waals surface area contributed by atoms with E-state index in [0.29, 0.717) is 0 Å². The molecule has 2 N–H and O–H groups in total. The van der Waals surface area contributed by atoms with Gasteiger partial charge in [-0.1, -0.05) is 12.1 Å². The lowest BCUT2D eigenvalue weighted by Gasteiger charge is -2.05. The predicted molar refractivity (Wildman–Crippen MR) is 59.3 cm³/mol. The molecule has 6 heteroatoms. The van der Waals surface area contributed by atoms with Gasteiger partial charge in [0.25, 0.3) is 0 Å². The first kappa shape index (κ1) is 10.8. The zero-order valence-corrected chi connectivity index (χ0v) is 8.57. The standard InChI is InChI=1S/C11H7FN4O/c12-8-3-1-2-4-9(8)15-10-5-7(6-13)14-11(17)16-10/h1-5H,(H2,14,15,16,17). The monoisotopic (exact) mass is 230 g/mol. The van der Waals surface area contributed by atoms with Crippen LogP contribution in [0.15, 0.2) is 35.1 Å². The summed E-state index contributed by atoms with van der Waals surface area (Å²) < 4.78 is 13.3. The lowest BCUT2D eigenvalue weighted by atomic mass is 10.3. The average Bonchev–Trinajstić information content (AvgIpc) is 2.31. The number of para-hydroxylation sites is 1. The minimum absolute atomic E-state index is 0.0591. The second kappa shape index (κ2) is 4.45. The molecule has 1 aromatic carbocycles. The Morgan fingerprint density at radius 2 is 2.18 bits per heavy atom. The van der Waals surface area contributed by atoms with Gasteiger partial charge in [-0.25, -0.2) is 9.18 Å². The number of nitrogens with zero attached hydrogens (tertiary/aromatic N) is 2. The summed E-state index contributed by atoms with van der Waals surface area (Å²) in [5.41, 5.74) is -0.416. The van der Waals surface area contributed by atoms with Crippen molar-refractivity contribution < 1.29 is 4.39 Å². The molecule has 0 spiro atoms. The van der Waals surface area contributed by atoms with Crippen LogP contribution < -0.4 is 11.0 Å². The maximum Gasteiger partial charge on any atom is 0.347 e. The van der Waals surface area contributed by atoms with E-state index >= 15 is 0 Å². The Labute approximate surface area is 95.6 Å². The van der Waals surface area contributed by atoms with Gasteiger partial charge in [-0.2, -0.15) is 10.2 Å². The van der Waals surface area contributed by atoms with Crippen molar-refractivity contribution in [3.8, 4) is 6.07 Å². The topological polar surface area (TPSA) is 81.6 Å². The van der Waals surface area contributed by atoms with Gasteiger partial charge in [0.15, 0.2) is 0 Å². The van der Waals surface area contributed by atoms with Gasteiger partial charge in [-0.05, 0) is 12.1 Å². The molecule has 2 aromatic rings. The highest BCUT2D eigenvalue weighted by atomic mass is 19.1. The first-order valence-corrected chi connectivity index (χ1v) is 4.72. The minimum Gasteiger partial charge on any atom is -0.338 e. The van der Waals surface area contributed by atoms with E-state index in [2.05, 4.69) is 15.3 Å². The first-order chi connectivity index (χ1) is 8.19. The number of hydrogen-bond donors (Lipinski definition) is 2. The van der Waals surface area contributed by atoms with Crippen molar-refractivity contribution in [3.05, 3.63) is 52.3 Å². The minimum atomic E-state index is -0.664. The molecule has 1 heterocycles. The zero-order chi connectivity index (χ0) is 12.3. The normalized spacial score (nSPS) is 9.65. The van der Waals surface area contributed by atoms with Crippen LogP contribution in [0.1, 0.15) is 5.69 Å². The van der Waals surface area contributed by atoms with Gasteiger partial charge >= 0.3 is 5.69 Å². The van der Waals surface area contributed by atoms with Crippen molar-refractivity contribution in [2.75, 3.05) is 5.32 Å². The van der Waals surface area contributed by atoms with Crippen molar-refractivity contribution in [2.45, 2.75) is 0 Å². The van der Waals surface area contributed by atoms with E-state index in [-0.39, 0.29) is 17.2 Å². The van der Waals surface area contributed by atoms with Crippen molar-refractivity contribution in [3.63, 3.8) is 0 Å². The van der Waals surface area contributed by atoms with Gasteiger partial charge in [-0.15, -0.1) is 0 Å². The molecule has 0 aliphatic heterocycles. The maximum absolute atomic E-state index is 13.3. The summed E-state index contributed by atoms with van der Waals surface area (Å²) in [5, 5.41) is 11.3. The van der Waals surface area contributed by atoms with Crippen LogP contribution in [0, 0.1) is 17.1 Å². The third kappa shape index (κ3) is 2.46. The lowest BCUT2D eigenvalue weighted by Crippen LogP contribution is -2.13. The summed E-state index contributed by atoms with van der Waals surface area (Å²) in [7, 11) is 0. The highest BCUT2D eigenvalue weighted by Gasteiger charge is 2.04. The molecule has 0 aliphatic rings. The number of aromatic nitrogens is 2. The molecule has 0 unspecified atom stereocenters. The molecule has 0 saturated heterocycles. The molecule has 5 nitrogen and oxygen atoms in total. The highest BCUT2D eigenvalue weighted by Crippen LogP contribution is 2.17. The Morgan fingerprint density at radius 1 is 1.41 bits per heavy atom. The number of halogens is 1. The third-order valence-corrected chi connectivity index (χ3v) is 2.00. The fourth-order valence-corrected chi connectivity index (χ4v) is 1.28. The van der Waals surface area contributed by atoms with Crippen molar-refractivity contribution in [2.24, 2.45) is 0 Å². The van der Waals surface area contributed by atoms with E-state index in [1.54, 1.807) is 18.2 Å². The van der Waals surface area contributed by atoms with Crippen LogP contribution in [-0.4, -0.2) is 9.97 Å². The molecule has 0 amide bonds. The Hall–Kier alpha value is -2.68. The molecule has 0 saturated carbocycles. The maximum atomic E-state index is 13.3. The van der Waals surface area contributed by atoms with E-state index in [0.717, 1.165) is 0 Å². The number of aromatic amines is 1. The van der Waals surface area contributed by atoms with Gasteiger partial charge in [0, 0.05) is 6.07 Å². The predicted octanol–water partition coefficient (Wildman–Crippen LogP) is 1.52. The van der Waals surface area contributed by atoms with Crippen molar-refractivity contribution >= 4 is 11.5 Å². The van der Waals surface area contributed by atoms with Crippen LogP contribution in [0.2, 0.25) is 0 Å². The Kier molecular flexibility index (Phi) is 2.83. The van der Waals surface area contributed by atoms with Crippen LogP contribution in [0.3, 0.4) is 0 Å². The molecule has 0 fully saturated rings. The molecule has 2 rings (SSSR count). The van der Waals surface area contributed by atoms with Crippen LogP contribution in [0.5, 0.6) is 0 Å². The summed E-state index contributed by atoms with van der Waals surface area (Å²) in [5.74, 6) is -0.344. The number of anilines is 2. The van der Waals surface area contributed by atoms with Crippen LogP contribution in [-0.2, 0) is 0 Å². The van der Waals surface area contributed by atoms with Crippen LogP contribution >= 0.6 is 0 Å². The Morgan fingerprint density at radius 3 is 2.88 bits per heavy atom. The smallest absolute Gasteiger partial charge is 0.338 e. The fourth-order valence-electron chi connectivity index (χ4n) is 1.28. The number of benzene rings is 1.